The molecule has 2 aromatic heterocycles. The number of rotatable bonds is 10. The molecule has 0 aliphatic carbocycles. The summed E-state index contributed by atoms with van der Waals surface area (Å²) >= 11 is 0. The number of hydrogen-bond donors (Lipinski definition) is 2. The second-order valence-corrected chi connectivity index (χ2v) is 13.2. The van der Waals surface area contributed by atoms with Gasteiger partial charge in [-0.15, -0.1) is 5.10 Å². The van der Waals surface area contributed by atoms with Gasteiger partial charge in [-0.25, -0.2) is 14.6 Å². The number of nitrogens with zero attached hydrogens (tertiary/aromatic N) is 8. The van der Waals surface area contributed by atoms with Crippen LogP contribution in [0.4, 0.5) is 24.5 Å². The highest BCUT2D eigenvalue weighted by Gasteiger charge is 2.39. The molecule has 2 N–H and O–H groups in total. The van der Waals surface area contributed by atoms with Crippen molar-refractivity contribution in [1.82, 2.24) is 40.1 Å². The summed E-state index contributed by atoms with van der Waals surface area (Å²) in [5, 5.41) is 13.0. The molecule has 0 spiro atoms. The smallest absolute Gasteiger partial charge is 0.379 e. The average molecular weight is 693 g/mol. The first-order chi connectivity index (χ1) is 22.8. The number of piperazine rings is 1. The Morgan fingerprint density at radius 2 is 1.81 bits per heavy atom. The molecule has 2 saturated heterocycles. The van der Waals surface area contributed by atoms with Crippen molar-refractivity contribution in [3.8, 4) is 5.69 Å². The first kappa shape index (κ1) is 35.3. The molecule has 2 fully saturated rings. The third-order valence-corrected chi connectivity index (χ3v) is 9.21. The standard InChI is InChI=1S/C30H39F3N10O4S/c1-19-16-42(17-20(2)40(19)3)25-7-6-21(43-18-24(38-39-43)28(45)34-8-5-9-41-10-12-47-13-11-41)14-23(25)36-27(44)22-15-35-29(48(4)46)37-26(22)30(31,32)33/h6-7,14-15,18-20H,5,8-13,16-17H2,1-4H3,(H,34,45)(H,36,44)/t19-,20+,48?. The molecular weight excluding hydrogens is 653 g/mol. The summed E-state index contributed by atoms with van der Waals surface area (Å²) < 4.78 is 60.4. The number of amides is 2. The molecule has 2 aliphatic rings. The zero-order valence-corrected chi connectivity index (χ0v) is 28.0. The van der Waals surface area contributed by atoms with Crippen molar-refractivity contribution in [3.05, 3.63) is 47.5 Å². The maximum absolute atomic E-state index is 14.0. The molecule has 18 heteroatoms. The fourth-order valence-electron chi connectivity index (χ4n) is 5.63. The molecule has 4 heterocycles. The maximum Gasteiger partial charge on any atom is 0.434 e. The lowest BCUT2D eigenvalue weighted by atomic mass is 10.1. The normalized spacial score (nSPS) is 20.0. The molecule has 2 amide bonds. The summed E-state index contributed by atoms with van der Waals surface area (Å²) in [4.78, 5) is 39.9. The van der Waals surface area contributed by atoms with Gasteiger partial charge in [0.2, 0.25) is 5.16 Å². The van der Waals surface area contributed by atoms with Crippen molar-refractivity contribution in [2.75, 3.05) is 76.0 Å². The van der Waals surface area contributed by atoms with Gasteiger partial charge in [0, 0.05) is 57.3 Å². The van der Waals surface area contributed by atoms with Crippen LogP contribution in [0.1, 0.15) is 46.8 Å². The summed E-state index contributed by atoms with van der Waals surface area (Å²) in [6, 6.07) is 5.33. The van der Waals surface area contributed by atoms with Crippen molar-refractivity contribution in [1.29, 1.82) is 0 Å². The minimum absolute atomic E-state index is 0.0816. The van der Waals surface area contributed by atoms with Gasteiger partial charge < -0.3 is 20.3 Å². The van der Waals surface area contributed by atoms with Crippen LogP contribution in [0.5, 0.6) is 0 Å². The topological polar surface area (TPSA) is 151 Å². The van der Waals surface area contributed by atoms with Crippen LogP contribution in [-0.4, -0.2) is 129 Å². The van der Waals surface area contributed by atoms with Crippen molar-refractivity contribution in [2.45, 2.75) is 43.7 Å². The molecule has 3 aromatic rings. The quantitative estimate of drug-likeness (QED) is 0.237. The Morgan fingerprint density at radius 1 is 1.10 bits per heavy atom. The molecule has 5 rings (SSSR count). The van der Waals surface area contributed by atoms with Crippen LogP contribution in [0.15, 0.2) is 35.7 Å². The van der Waals surface area contributed by atoms with Crippen molar-refractivity contribution < 1.29 is 31.7 Å². The van der Waals surface area contributed by atoms with E-state index in [0.717, 1.165) is 38.5 Å². The number of halogens is 3. The number of hydrogen-bond acceptors (Lipinski definition) is 11. The number of ether oxygens (including phenoxy) is 1. The number of carbonyl (C=O) groups is 2. The number of benzene rings is 1. The third kappa shape index (κ3) is 8.34. The van der Waals surface area contributed by atoms with E-state index in [-0.39, 0.29) is 23.5 Å². The Hall–Kier alpha value is -4.00. The molecule has 3 atom stereocenters. The lowest BCUT2D eigenvalue weighted by Gasteiger charge is -2.44. The first-order valence-corrected chi connectivity index (χ1v) is 17.1. The number of likely N-dealkylation sites (N-methyl/N-ethyl adjacent to an activating group) is 1. The predicted octanol–water partition coefficient (Wildman–Crippen LogP) is 2.05. The molecule has 0 radical (unpaired) electrons. The van der Waals surface area contributed by atoms with Gasteiger partial charge >= 0.3 is 6.18 Å². The van der Waals surface area contributed by atoms with E-state index in [1.807, 2.05) is 7.05 Å². The van der Waals surface area contributed by atoms with E-state index in [4.69, 9.17) is 4.74 Å². The van der Waals surface area contributed by atoms with Crippen LogP contribution >= 0.6 is 0 Å². The van der Waals surface area contributed by atoms with E-state index in [0.29, 0.717) is 44.2 Å². The fraction of sp³-hybridized carbons (Fsp3) is 0.533. The van der Waals surface area contributed by atoms with Crippen LogP contribution < -0.4 is 15.5 Å². The number of nitrogens with one attached hydrogen (secondary N) is 2. The Bertz CT molecular complexity index is 1640. The lowest BCUT2D eigenvalue weighted by molar-refractivity contribution is -0.142. The molecule has 260 valence electrons. The van der Waals surface area contributed by atoms with Crippen LogP contribution in [0.3, 0.4) is 0 Å². The van der Waals surface area contributed by atoms with Crippen molar-refractivity contribution in [3.63, 3.8) is 0 Å². The van der Waals surface area contributed by atoms with Crippen LogP contribution in [0.2, 0.25) is 0 Å². The van der Waals surface area contributed by atoms with E-state index in [2.05, 4.69) is 59.5 Å². The number of anilines is 2. The first-order valence-electron chi connectivity index (χ1n) is 15.5. The molecule has 48 heavy (non-hydrogen) atoms. The van der Waals surface area contributed by atoms with Crippen LogP contribution in [0.25, 0.3) is 5.69 Å². The van der Waals surface area contributed by atoms with E-state index in [9.17, 15) is 27.0 Å². The molecule has 2 aliphatic heterocycles. The van der Waals surface area contributed by atoms with Gasteiger partial charge in [-0.2, -0.15) is 13.2 Å². The number of aromatic nitrogens is 5. The summed E-state index contributed by atoms with van der Waals surface area (Å²) in [5.74, 6) is -1.50. The molecule has 1 unspecified atom stereocenters. The summed E-state index contributed by atoms with van der Waals surface area (Å²) in [5.41, 5.74) is -1.02. The van der Waals surface area contributed by atoms with Gasteiger partial charge in [0.15, 0.2) is 11.4 Å². The average Bonchev–Trinajstić information content (AvgIpc) is 3.56. The predicted molar refractivity (Wildman–Crippen MR) is 172 cm³/mol. The van der Waals surface area contributed by atoms with Gasteiger partial charge in [-0.1, -0.05) is 5.21 Å². The summed E-state index contributed by atoms with van der Waals surface area (Å²) in [6.45, 7) is 9.73. The molecule has 14 nitrogen and oxygen atoms in total. The molecule has 0 bridgehead atoms. The molecular formula is C30H39F3N10O4S. The highest BCUT2D eigenvalue weighted by molar-refractivity contribution is 7.84. The molecule has 0 saturated carbocycles. The summed E-state index contributed by atoms with van der Waals surface area (Å²) in [7, 11) is 0.126. The van der Waals surface area contributed by atoms with Gasteiger partial charge in [-0.05, 0) is 52.1 Å². The molecule has 1 aromatic carbocycles. The number of alkyl halides is 3. The summed E-state index contributed by atoms with van der Waals surface area (Å²) in [6.07, 6.45) is -0.923. The Labute approximate surface area is 278 Å². The van der Waals surface area contributed by atoms with E-state index < -0.39 is 45.2 Å². The van der Waals surface area contributed by atoms with E-state index >= 15 is 0 Å². The fourth-order valence-corrected chi connectivity index (χ4v) is 6.05. The Kier molecular flexibility index (Phi) is 11.1. The van der Waals surface area contributed by atoms with Gasteiger partial charge in [0.05, 0.1) is 52.8 Å². The lowest BCUT2D eigenvalue weighted by Crippen LogP contribution is -2.55. The van der Waals surface area contributed by atoms with Crippen molar-refractivity contribution >= 4 is 34.0 Å². The highest BCUT2D eigenvalue weighted by atomic mass is 32.2. The minimum Gasteiger partial charge on any atom is -0.379 e. The van der Waals surface area contributed by atoms with Crippen molar-refractivity contribution in [2.24, 2.45) is 0 Å². The van der Waals surface area contributed by atoms with Gasteiger partial charge in [0.1, 0.15) is 0 Å². The van der Waals surface area contributed by atoms with E-state index in [1.165, 1.54) is 10.9 Å². The maximum atomic E-state index is 14.0. The second kappa shape index (κ2) is 15.0. The van der Waals surface area contributed by atoms with E-state index in [1.54, 1.807) is 18.2 Å². The minimum atomic E-state index is -5.00. The van der Waals surface area contributed by atoms with Gasteiger partial charge in [-0.3, -0.25) is 23.6 Å². The second-order valence-electron chi connectivity index (χ2n) is 11.9. The SMILES string of the molecule is C[C@@H]1CN(c2ccc(-n3cc(C(=O)NCCCN4CCOCC4)nn3)cc2NC(=O)c2cnc(S(C)=O)nc2C(F)(F)F)C[C@H](C)N1C. The number of morpholine rings is 1. The zero-order chi connectivity index (χ0) is 34.6. The van der Waals surface area contributed by atoms with Crippen LogP contribution in [0, 0.1) is 0 Å². The van der Waals surface area contributed by atoms with Crippen LogP contribution in [-0.2, 0) is 21.7 Å². The highest BCUT2D eigenvalue weighted by Crippen LogP contribution is 2.34. The third-order valence-electron chi connectivity index (χ3n) is 8.50. The number of carbonyl (C=O) groups excluding carboxylic acids is 2. The largest absolute Gasteiger partial charge is 0.434 e. The zero-order valence-electron chi connectivity index (χ0n) is 27.2. The van der Waals surface area contributed by atoms with Gasteiger partial charge in [0.25, 0.3) is 11.8 Å². The monoisotopic (exact) mass is 692 g/mol. The Balaban J connectivity index is 1.39. The Morgan fingerprint density at radius 3 is 2.48 bits per heavy atom.